The van der Waals surface area contributed by atoms with Gasteiger partial charge in [0, 0.05) is 28.5 Å². The van der Waals surface area contributed by atoms with Crippen molar-refractivity contribution in [2.45, 2.75) is 6.54 Å². The Balaban J connectivity index is 1.90. The quantitative estimate of drug-likeness (QED) is 0.471. The number of hydrogen-bond donors (Lipinski definition) is 1. The van der Waals surface area contributed by atoms with E-state index in [0.29, 0.717) is 0 Å². The van der Waals surface area contributed by atoms with Gasteiger partial charge in [-0.15, -0.1) is 0 Å². The summed E-state index contributed by atoms with van der Waals surface area (Å²) in [5.74, 6) is -1.35. The SMILES string of the molecule is O=C(Nc1ccc(Cl)c([N+](=O)[O-])c1)c1cccn(Cc2c(F)cccc2Cl)c1=O. The molecule has 1 aromatic heterocycles. The fourth-order valence-electron chi connectivity index (χ4n) is 2.62. The number of nitro benzene ring substituents is 1. The third kappa shape index (κ3) is 4.44. The van der Waals surface area contributed by atoms with Gasteiger partial charge in [-0.2, -0.15) is 0 Å². The highest BCUT2D eigenvalue weighted by Crippen LogP contribution is 2.27. The Kier molecular flexibility index (Phi) is 5.95. The zero-order valence-electron chi connectivity index (χ0n) is 14.6. The number of nitrogens with zero attached hydrogens (tertiary/aromatic N) is 2. The van der Waals surface area contributed by atoms with E-state index >= 15 is 0 Å². The molecule has 0 aliphatic carbocycles. The predicted octanol–water partition coefficient (Wildman–Crippen LogP) is 4.50. The van der Waals surface area contributed by atoms with Gasteiger partial charge in [0.15, 0.2) is 0 Å². The zero-order valence-corrected chi connectivity index (χ0v) is 16.1. The van der Waals surface area contributed by atoms with Gasteiger partial charge in [-0.25, -0.2) is 4.39 Å². The normalized spacial score (nSPS) is 10.6. The van der Waals surface area contributed by atoms with Crippen LogP contribution in [0.4, 0.5) is 15.8 Å². The summed E-state index contributed by atoms with van der Waals surface area (Å²) in [6, 6.07) is 10.6. The van der Waals surface area contributed by atoms with Gasteiger partial charge in [0.2, 0.25) is 0 Å². The summed E-state index contributed by atoms with van der Waals surface area (Å²) < 4.78 is 15.1. The molecule has 0 aliphatic rings. The average Bonchev–Trinajstić information content (AvgIpc) is 2.67. The summed E-state index contributed by atoms with van der Waals surface area (Å²) >= 11 is 11.7. The van der Waals surface area contributed by atoms with E-state index < -0.39 is 22.2 Å². The van der Waals surface area contributed by atoms with Crippen LogP contribution in [0.25, 0.3) is 0 Å². The van der Waals surface area contributed by atoms with Crippen LogP contribution in [0, 0.1) is 15.9 Å². The summed E-state index contributed by atoms with van der Waals surface area (Å²) in [6.45, 7) is -0.169. The van der Waals surface area contributed by atoms with Crippen LogP contribution in [-0.2, 0) is 6.54 Å². The number of rotatable bonds is 5. The zero-order chi connectivity index (χ0) is 21.1. The van der Waals surface area contributed by atoms with E-state index in [1.54, 1.807) is 0 Å². The molecule has 7 nitrogen and oxygen atoms in total. The second-order valence-corrected chi connectivity index (χ2v) is 6.75. The molecule has 0 unspecified atom stereocenters. The molecule has 0 fully saturated rings. The Morgan fingerprint density at radius 2 is 1.90 bits per heavy atom. The lowest BCUT2D eigenvalue weighted by Crippen LogP contribution is -2.29. The second-order valence-electron chi connectivity index (χ2n) is 5.93. The Hall–Kier alpha value is -3.23. The van der Waals surface area contributed by atoms with Crippen LogP contribution >= 0.6 is 23.2 Å². The van der Waals surface area contributed by atoms with Crippen LogP contribution in [0.5, 0.6) is 0 Å². The Bertz CT molecular complexity index is 1160. The smallest absolute Gasteiger partial charge is 0.289 e. The van der Waals surface area contributed by atoms with Crippen molar-refractivity contribution in [3.63, 3.8) is 0 Å². The highest BCUT2D eigenvalue weighted by atomic mass is 35.5. The molecule has 3 aromatic rings. The summed E-state index contributed by atoms with van der Waals surface area (Å²) in [7, 11) is 0. The minimum atomic E-state index is -0.777. The number of anilines is 1. The van der Waals surface area contributed by atoms with Crippen LogP contribution in [0.2, 0.25) is 10.0 Å². The Labute approximate surface area is 173 Å². The maximum absolute atomic E-state index is 14.0. The van der Waals surface area contributed by atoms with Gasteiger partial charge in [-0.05, 0) is 36.4 Å². The molecule has 10 heteroatoms. The topological polar surface area (TPSA) is 94.2 Å². The van der Waals surface area contributed by atoms with Gasteiger partial charge in [0.25, 0.3) is 17.2 Å². The van der Waals surface area contributed by atoms with Gasteiger partial charge in [0.05, 0.1) is 11.5 Å². The molecule has 1 amide bonds. The van der Waals surface area contributed by atoms with Gasteiger partial charge in [-0.3, -0.25) is 19.7 Å². The molecular formula is C19H12Cl2FN3O4. The number of halogens is 3. The van der Waals surface area contributed by atoms with Crippen LogP contribution < -0.4 is 10.9 Å². The van der Waals surface area contributed by atoms with E-state index in [9.17, 15) is 24.1 Å². The van der Waals surface area contributed by atoms with Crippen molar-refractivity contribution in [2.75, 3.05) is 5.32 Å². The number of amides is 1. The number of benzene rings is 2. The molecule has 29 heavy (non-hydrogen) atoms. The first-order valence-corrected chi connectivity index (χ1v) is 8.91. The number of nitrogens with one attached hydrogen (secondary N) is 1. The molecule has 0 saturated carbocycles. The molecule has 1 N–H and O–H groups in total. The maximum Gasteiger partial charge on any atom is 0.289 e. The van der Waals surface area contributed by atoms with Crippen molar-refractivity contribution in [3.8, 4) is 0 Å². The van der Waals surface area contributed by atoms with Crippen LogP contribution in [-0.4, -0.2) is 15.4 Å². The highest BCUT2D eigenvalue weighted by Gasteiger charge is 2.17. The molecule has 2 aromatic carbocycles. The summed E-state index contributed by atoms with van der Waals surface area (Å²) in [5, 5.41) is 13.5. The van der Waals surface area contributed by atoms with E-state index in [0.717, 1.165) is 10.6 Å². The van der Waals surface area contributed by atoms with Crippen molar-refractivity contribution in [1.82, 2.24) is 4.57 Å². The lowest BCUT2D eigenvalue weighted by molar-refractivity contribution is -0.384. The fraction of sp³-hybridized carbons (Fsp3) is 0.0526. The Morgan fingerprint density at radius 3 is 2.59 bits per heavy atom. The van der Waals surface area contributed by atoms with E-state index in [4.69, 9.17) is 23.2 Å². The highest BCUT2D eigenvalue weighted by molar-refractivity contribution is 6.32. The first-order valence-electron chi connectivity index (χ1n) is 8.15. The van der Waals surface area contributed by atoms with Crippen molar-refractivity contribution in [3.05, 3.63) is 102 Å². The van der Waals surface area contributed by atoms with Gasteiger partial charge in [0.1, 0.15) is 16.4 Å². The van der Waals surface area contributed by atoms with Crippen LogP contribution in [0.15, 0.2) is 59.5 Å². The molecule has 0 radical (unpaired) electrons. The lowest BCUT2D eigenvalue weighted by Gasteiger charge is -2.11. The third-order valence-electron chi connectivity index (χ3n) is 4.06. The number of nitro groups is 1. The number of pyridine rings is 1. The predicted molar refractivity (Wildman–Crippen MR) is 107 cm³/mol. The minimum Gasteiger partial charge on any atom is -0.322 e. The average molecular weight is 436 g/mol. The molecular weight excluding hydrogens is 424 g/mol. The van der Waals surface area contributed by atoms with Crippen LogP contribution in [0.3, 0.4) is 0 Å². The van der Waals surface area contributed by atoms with Crippen molar-refractivity contribution in [1.29, 1.82) is 0 Å². The van der Waals surface area contributed by atoms with Crippen molar-refractivity contribution >= 4 is 40.5 Å². The maximum atomic E-state index is 14.0. The molecule has 1 heterocycles. The largest absolute Gasteiger partial charge is 0.322 e. The molecule has 0 bridgehead atoms. The summed E-state index contributed by atoms with van der Waals surface area (Å²) in [4.78, 5) is 35.5. The molecule has 3 rings (SSSR count). The van der Waals surface area contributed by atoms with Crippen LogP contribution in [0.1, 0.15) is 15.9 Å². The number of carbonyl (C=O) groups excluding carboxylic acids is 1. The second kappa shape index (κ2) is 8.42. The monoisotopic (exact) mass is 435 g/mol. The number of hydrogen-bond acceptors (Lipinski definition) is 4. The van der Waals surface area contributed by atoms with E-state index in [2.05, 4.69) is 5.32 Å². The van der Waals surface area contributed by atoms with Crippen molar-refractivity contribution in [2.24, 2.45) is 0 Å². The lowest BCUT2D eigenvalue weighted by atomic mass is 10.2. The summed E-state index contributed by atoms with van der Waals surface area (Å²) in [6.07, 6.45) is 1.40. The van der Waals surface area contributed by atoms with E-state index in [1.165, 1.54) is 48.7 Å². The third-order valence-corrected chi connectivity index (χ3v) is 4.73. The molecule has 0 aliphatic heterocycles. The fourth-order valence-corrected chi connectivity index (χ4v) is 3.03. The van der Waals surface area contributed by atoms with Gasteiger partial charge >= 0.3 is 0 Å². The first-order chi connectivity index (χ1) is 13.8. The summed E-state index contributed by atoms with van der Waals surface area (Å²) in [5.41, 5.74) is -1.07. The van der Waals surface area contributed by atoms with E-state index in [1.807, 2.05) is 0 Å². The Morgan fingerprint density at radius 1 is 1.14 bits per heavy atom. The van der Waals surface area contributed by atoms with E-state index in [-0.39, 0.29) is 39.1 Å². The number of carbonyl (C=O) groups is 1. The minimum absolute atomic E-state index is 0.0863. The number of aromatic nitrogens is 1. The molecule has 0 saturated heterocycles. The molecule has 148 valence electrons. The van der Waals surface area contributed by atoms with Gasteiger partial charge < -0.3 is 9.88 Å². The first kappa shape index (κ1) is 20.5. The molecule has 0 atom stereocenters. The standard InChI is InChI=1S/C19H12Cl2FN3O4/c20-14-4-1-5-16(22)13(14)10-24-8-2-3-12(19(24)27)18(26)23-11-6-7-15(21)17(9-11)25(28)29/h1-9H,10H2,(H,23,26). The van der Waals surface area contributed by atoms with Crippen molar-refractivity contribution < 1.29 is 14.1 Å². The molecule has 0 spiro atoms. The van der Waals surface area contributed by atoms with Gasteiger partial charge in [-0.1, -0.05) is 29.3 Å².